The third kappa shape index (κ3) is 1.50. The summed E-state index contributed by atoms with van der Waals surface area (Å²) in [5.41, 5.74) is 2.49. The highest BCUT2D eigenvalue weighted by molar-refractivity contribution is 7.71. The van der Waals surface area contributed by atoms with Gasteiger partial charge in [-0.3, -0.25) is 5.10 Å². The van der Waals surface area contributed by atoms with Crippen LogP contribution in [0.3, 0.4) is 0 Å². The van der Waals surface area contributed by atoms with Crippen molar-refractivity contribution in [2.75, 3.05) is 0 Å². The van der Waals surface area contributed by atoms with E-state index in [2.05, 4.69) is 15.1 Å². The van der Waals surface area contributed by atoms with Crippen LogP contribution in [0.15, 0.2) is 47.3 Å². The van der Waals surface area contributed by atoms with E-state index in [1.165, 1.54) is 0 Å². The predicted octanol–water partition coefficient (Wildman–Crippen LogP) is 3.20. The van der Waals surface area contributed by atoms with Gasteiger partial charge >= 0.3 is 0 Å². The molecule has 92 valence electrons. The monoisotopic (exact) mass is 268 g/mol. The van der Waals surface area contributed by atoms with E-state index in [1.54, 1.807) is 17.0 Å². The van der Waals surface area contributed by atoms with Crippen molar-refractivity contribution in [2.45, 2.75) is 0 Å². The Morgan fingerprint density at radius 1 is 1.16 bits per heavy atom. The number of nitrogens with zero attached hydrogens (tertiary/aromatic N) is 3. The summed E-state index contributed by atoms with van der Waals surface area (Å²) in [6.45, 7) is 0. The van der Waals surface area contributed by atoms with Gasteiger partial charge in [-0.1, -0.05) is 12.1 Å². The lowest BCUT2D eigenvalue weighted by Crippen LogP contribution is -1.94. The third-order valence-electron chi connectivity index (χ3n) is 2.99. The van der Waals surface area contributed by atoms with Gasteiger partial charge in [-0.15, -0.1) is 0 Å². The van der Waals surface area contributed by atoms with Crippen molar-refractivity contribution >= 4 is 28.8 Å². The number of fused-ring (bicyclic) bond motifs is 3. The van der Waals surface area contributed by atoms with Crippen molar-refractivity contribution in [3.63, 3.8) is 0 Å². The molecule has 1 aromatic carbocycles. The lowest BCUT2D eigenvalue weighted by atomic mass is 10.2. The molecule has 0 fully saturated rings. The van der Waals surface area contributed by atoms with E-state index in [1.807, 2.05) is 30.3 Å². The van der Waals surface area contributed by atoms with Crippen LogP contribution in [0.1, 0.15) is 0 Å². The van der Waals surface area contributed by atoms with E-state index in [9.17, 15) is 0 Å². The molecule has 0 atom stereocenters. The molecule has 3 aromatic heterocycles. The number of hydrogen-bond acceptors (Lipinski definition) is 4. The first-order valence-corrected chi connectivity index (χ1v) is 6.14. The van der Waals surface area contributed by atoms with Crippen LogP contribution in [0.2, 0.25) is 0 Å². The molecule has 0 radical (unpaired) electrons. The van der Waals surface area contributed by atoms with E-state index in [-0.39, 0.29) is 0 Å². The summed E-state index contributed by atoms with van der Waals surface area (Å²) in [7, 11) is 0. The minimum Gasteiger partial charge on any atom is -0.472 e. The van der Waals surface area contributed by atoms with E-state index >= 15 is 0 Å². The second-order valence-corrected chi connectivity index (χ2v) is 4.52. The molecule has 0 aliphatic carbocycles. The van der Waals surface area contributed by atoms with Crippen molar-refractivity contribution in [3.8, 4) is 11.4 Å². The molecule has 4 aromatic rings. The maximum Gasteiger partial charge on any atom is 0.221 e. The molecule has 0 aliphatic heterocycles. The number of H-pyrrole nitrogens is 1. The SMILES string of the molecule is S=c1nc2ccccc2c2nc(-c3ccoc3)[nH]n12. The Hall–Kier alpha value is -2.47. The first-order chi connectivity index (χ1) is 9.33. The van der Waals surface area contributed by atoms with Gasteiger partial charge in [-0.25, -0.2) is 14.5 Å². The first kappa shape index (κ1) is 10.5. The van der Waals surface area contributed by atoms with E-state index in [0.29, 0.717) is 10.6 Å². The second-order valence-electron chi connectivity index (χ2n) is 4.15. The van der Waals surface area contributed by atoms with Crippen LogP contribution in [0.25, 0.3) is 27.9 Å². The molecular weight excluding hydrogens is 260 g/mol. The Bertz CT molecular complexity index is 936. The molecule has 19 heavy (non-hydrogen) atoms. The number of para-hydroxylation sites is 1. The molecule has 5 nitrogen and oxygen atoms in total. The number of aromatic nitrogens is 4. The first-order valence-electron chi connectivity index (χ1n) is 5.73. The summed E-state index contributed by atoms with van der Waals surface area (Å²) in [5, 5.41) is 4.10. The molecule has 0 bridgehead atoms. The summed E-state index contributed by atoms with van der Waals surface area (Å²) in [4.78, 5) is 8.97. The van der Waals surface area contributed by atoms with Crippen LogP contribution in [-0.2, 0) is 0 Å². The summed E-state index contributed by atoms with van der Waals surface area (Å²) in [5.74, 6) is 0.706. The zero-order valence-corrected chi connectivity index (χ0v) is 10.5. The van der Waals surface area contributed by atoms with Gasteiger partial charge in [-0.05, 0) is 30.4 Å². The standard InChI is InChI=1S/C13H8N4OS/c19-13-14-10-4-2-1-3-9(10)12-15-11(16-17(12)13)8-5-6-18-7-8/h1-7H,(H,15,16). The minimum atomic E-state index is 0.455. The van der Waals surface area contributed by atoms with Crippen molar-refractivity contribution in [1.29, 1.82) is 0 Å². The van der Waals surface area contributed by atoms with Crippen molar-refractivity contribution in [3.05, 3.63) is 47.6 Å². The van der Waals surface area contributed by atoms with Crippen molar-refractivity contribution in [2.24, 2.45) is 0 Å². The Morgan fingerprint density at radius 2 is 2.05 bits per heavy atom. The highest BCUT2D eigenvalue weighted by Crippen LogP contribution is 2.21. The van der Waals surface area contributed by atoms with Gasteiger partial charge in [0.05, 0.1) is 17.3 Å². The van der Waals surface area contributed by atoms with Crippen LogP contribution >= 0.6 is 12.2 Å². The Morgan fingerprint density at radius 3 is 2.89 bits per heavy atom. The molecule has 4 rings (SSSR count). The highest BCUT2D eigenvalue weighted by Gasteiger charge is 2.10. The van der Waals surface area contributed by atoms with Crippen molar-refractivity contribution in [1.82, 2.24) is 19.6 Å². The lowest BCUT2D eigenvalue weighted by Gasteiger charge is -1.97. The maximum absolute atomic E-state index is 5.28. The molecule has 0 spiro atoms. The predicted molar refractivity (Wildman–Crippen MR) is 73.4 cm³/mol. The van der Waals surface area contributed by atoms with E-state index in [4.69, 9.17) is 16.6 Å². The molecule has 0 unspecified atom stereocenters. The molecule has 0 saturated heterocycles. The van der Waals surface area contributed by atoms with E-state index < -0.39 is 0 Å². The molecule has 0 aliphatic rings. The van der Waals surface area contributed by atoms with Crippen LogP contribution in [0.4, 0.5) is 0 Å². The fraction of sp³-hybridized carbons (Fsp3) is 0. The Labute approximate surface area is 112 Å². The highest BCUT2D eigenvalue weighted by atomic mass is 32.1. The van der Waals surface area contributed by atoms with Crippen LogP contribution in [0, 0.1) is 4.77 Å². The smallest absolute Gasteiger partial charge is 0.221 e. The molecule has 6 heteroatoms. The average Bonchev–Trinajstić information content (AvgIpc) is 3.08. The molecule has 0 saturated carbocycles. The number of rotatable bonds is 1. The second kappa shape index (κ2) is 3.76. The third-order valence-corrected chi connectivity index (χ3v) is 3.27. The topological polar surface area (TPSA) is 59.1 Å². The molecular formula is C13H8N4OS. The van der Waals surface area contributed by atoms with Gasteiger partial charge in [-0.2, -0.15) is 0 Å². The number of aromatic amines is 1. The number of hydrogen-bond donors (Lipinski definition) is 1. The van der Waals surface area contributed by atoms with E-state index in [0.717, 1.165) is 22.1 Å². The van der Waals surface area contributed by atoms with Gasteiger partial charge in [0, 0.05) is 5.39 Å². The summed E-state index contributed by atoms with van der Waals surface area (Å²) >= 11 is 5.28. The van der Waals surface area contributed by atoms with Crippen LogP contribution in [-0.4, -0.2) is 19.6 Å². The Kier molecular flexibility index (Phi) is 2.07. The average molecular weight is 268 g/mol. The van der Waals surface area contributed by atoms with Crippen molar-refractivity contribution < 1.29 is 4.42 Å². The normalized spacial score (nSPS) is 11.4. The lowest BCUT2D eigenvalue weighted by molar-refractivity contribution is 0.568. The summed E-state index contributed by atoms with van der Waals surface area (Å²) in [6, 6.07) is 9.64. The number of benzene rings is 1. The fourth-order valence-electron chi connectivity index (χ4n) is 2.10. The Balaban J connectivity index is 2.16. The number of furan rings is 1. The zero-order valence-electron chi connectivity index (χ0n) is 9.70. The van der Waals surface area contributed by atoms with Gasteiger partial charge in [0.15, 0.2) is 11.5 Å². The quantitative estimate of drug-likeness (QED) is 0.538. The maximum atomic E-state index is 5.28. The van der Waals surface area contributed by atoms with Crippen LogP contribution < -0.4 is 0 Å². The molecule has 1 N–H and O–H groups in total. The largest absolute Gasteiger partial charge is 0.472 e. The molecule has 3 heterocycles. The molecule has 0 amide bonds. The van der Waals surface area contributed by atoms with Crippen LogP contribution in [0.5, 0.6) is 0 Å². The summed E-state index contributed by atoms with van der Waals surface area (Å²) < 4.78 is 7.23. The van der Waals surface area contributed by atoms with Gasteiger partial charge in [0.25, 0.3) is 0 Å². The fourth-order valence-corrected chi connectivity index (χ4v) is 2.33. The number of nitrogens with one attached hydrogen (secondary N) is 1. The summed E-state index contributed by atoms with van der Waals surface area (Å²) in [6.07, 6.45) is 3.25. The van der Waals surface area contributed by atoms with Gasteiger partial charge in [0.2, 0.25) is 4.77 Å². The van der Waals surface area contributed by atoms with Gasteiger partial charge < -0.3 is 4.42 Å². The zero-order chi connectivity index (χ0) is 12.8. The minimum absolute atomic E-state index is 0.455. The van der Waals surface area contributed by atoms with Gasteiger partial charge in [0.1, 0.15) is 6.26 Å².